The standard InChI is InChI=1S/C12H12ClNO6S/c1-2-20-12(17)8-5-7(13)6-9(14(18)19)11(8)21-4-3-10(15)16/h5-6H,2-4H2,1H3,(H,15,16). The Kier molecular flexibility index (Phi) is 6.44. The number of carboxylic acid groups (broad SMARTS) is 1. The number of carbonyl (C=O) groups excluding carboxylic acids is 1. The maximum absolute atomic E-state index is 11.9. The number of nitrogens with zero attached hydrogens (tertiary/aromatic N) is 1. The van der Waals surface area contributed by atoms with Crippen LogP contribution in [0.1, 0.15) is 23.7 Å². The zero-order valence-corrected chi connectivity index (χ0v) is 12.6. The van der Waals surface area contributed by atoms with Gasteiger partial charge < -0.3 is 9.84 Å². The van der Waals surface area contributed by atoms with Gasteiger partial charge in [0, 0.05) is 16.8 Å². The number of carbonyl (C=O) groups is 2. The summed E-state index contributed by atoms with van der Waals surface area (Å²) in [6, 6.07) is 2.39. The second kappa shape index (κ2) is 7.84. The molecule has 0 heterocycles. The molecule has 0 aliphatic carbocycles. The molecule has 7 nitrogen and oxygen atoms in total. The Hall–Kier alpha value is -1.80. The van der Waals surface area contributed by atoms with Crippen molar-refractivity contribution in [1.82, 2.24) is 0 Å². The molecule has 0 amide bonds. The van der Waals surface area contributed by atoms with Crippen molar-refractivity contribution < 1.29 is 24.4 Å². The van der Waals surface area contributed by atoms with Gasteiger partial charge in [-0.2, -0.15) is 0 Å². The number of nitro groups is 1. The molecule has 0 radical (unpaired) electrons. The summed E-state index contributed by atoms with van der Waals surface area (Å²) < 4.78 is 4.84. The molecule has 21 heavy (non-hydrogen) atoms. The lowest BCUT2D eigenvalue weighted by Crippen LogP contribution is -2.08. The normalized spacial score (nSPS) is 10.2. The van der Waals surface area contributed by atoms with Crippen molar-refractivity contribution >= 4 is 41.0 Å². The van der Waals surface area contributed by atoms with Crippen LogP contribution in [-0.4, -0.2) is 34.3 Å². The zero-order chi connectivity index (χ0) is 16.0. The van der Waals surface area contributed by atoms with Crippen LogP contribution in [0.2, 0.25) is 5.02 Å². The third-order valence-electron chi connectivity index (χ3n) is 2.29. The van der Waals surface area contributed by atoms with Crippen molar-refractivity contribution in [2.75, 3.05) is 12.4 Å². The van der Waals surface area contributed by atoms with Crippen molar-refractivity contribution in [2.24, 2.45) is 0 Å². The van der Waals surface area contributed by atoms with E-state index in [2.05, 4.69) is 0 Å². The molecule has 1 aromatic carbocycles. The molecule has 0 spiro atoms. The molecule has 0 saturated heterocycles. The number of nitro benzene ring substituents is 1. The molecule has 1 rings (SSSR count). The van der Waals surface area contributed by atoms with Crippen LogP contribution in [0, 0.1) is 10.1 Å². The molecular formula is C12H12ClNO6S. The SMILES string of the molecule is CCOC(=O)c1cc(Cl)cc([N+](=O)[O-])c1SCCC(=O)O. The van der Waals surface area contributed by atoms with E-state index in [1.165, 1.54) is 6.07 Å². The van der Waals surface area contributed by atoms with Gasteiger partial charge in [-0.05, 0) is 13.0 Å². The van der Waals surface area contributed by atoms with E-state index in [4.69, 9.17) is 21.4 Å². The smallest absolute Gasteiger partial charge is 0.339 e. The van der Waals surface area contributed by atoms with Crippen LogP contribution in [-0.2, 0) is 9.53 Å². The van der Waals surface area contributed by atoms with E-state index in [9.17, 15) is 19.7 Å². The topological polar surface area (TPSA) is 107 Å². The summed E-state index contributed by atoms with van der Waals surface area (Å²) in [4.78, 5) is 32.8. The fraction of sp³-hybridized carbons (Fsp3) is 0.333. The number of benzene rings is 1. The van der Waals surface area contributed by atoms with Crippen molar-refractivity contribution in [3.05, 3.63) is 32.8 Å². The third-order valence-corrected chi connectivity index (χ3v) is 3.63. The van der Waals surface area contributed by atoms with E-state index < -0.39 is 16.9 Å². The summed E-state index contributed by atoms with van der Waals surface area (Å²) >= 11 is 6.69. The third kappa shape index (κ3) is 4.91. The minimum absolute atomic E-state index is 0.0346. The molecule has 114 valence electrons. The summed E-state index contributed by atoms with van der Waals surface area (Å²) in [6.07, 6.45) is -0.188. The molecule has 0 bridgehead atoms. The van der Waals surface area contributed by atoms with Crippen LogP contribution >= 0.6 is 23.4 Å². The van der Waals surface area contributed by atoms with E-state index in [1.54, 1.807) is 6.92 Å². The fourth-order valence-electron chi connectivity index (χ4n) is 1.47. The highest BCUT2D eigenvalue weighted by Crippen LogP contribution is 2.36. The first-order valence-corrected chi connectivity index (χ1v) is 7.22. The van der Waals surface area contributed by atoms with Crippen LogP contribution in [0.25, 0.3) is 0 Å². The minimum Gasteiger partial charge on any atom is -0.481 e. The maximum atomic E-state index is 11.9. The van der Waals surface area contributed by atoms with Gasteiger partial charge in [-0.15, -0.1) is 11.8 Å². The predicted molar refractivity (Wildman–Crippen MR) is 77.0 cm³/mol. The molecule has 0 aromatic heterocycles. The summed E-state index contributed by atoms with van der Waals surface area (Å²) in [7, 11) is 0. The highest BCUT2D eigenvalue weighted by molar-refractivity contribution is 7.99. The predicted octanol–water partition coefficient (Wildman–Crippen LogP) is 2.99. The van der Waals surface area contributed by atoms with Crippen molar-refractivity contribution in [2.45, 2.75) is 18.2 Å². The van der Waals surface area contributed by atoms with Gasteiger partial charge in [0.2, 0.25) is 0 Å². The van der Waals surface area contributed by atoms with Gasteiger partial charge in [0.05, 0.1) is 28.4 Å². The number of rotatable bonds is 7. The largest absolute Gasteiger partial charge is 0.481 e. The van der Waals surface area contributed by atoms with Crippen LogP contribution in [0.5, 0.6) is 0 Å². The van der Waals surface area contributed by atoms with Crippen molar-refractivity contribution in [3.63, 3.8) is 0 Å². The molecule has 0 saturated carbocycles. The number of hydrogen-bond donors (Lipinski definition) is 1. The second-order valence-electron chi connectivity index (χ2n) is 3.77. The van der Waals surface area contributed by atoms with E-state index in [-0.39, 0.29) is 39.9 Å². The Morgan fingerprint density at radius 1 is 1.48 bits per heavy atom. The quantitative estimate of drug-likeness (QED) is 0.353. The molecule has 0 unspecified atom stereocenters. The first kappa shape index (κ1) is 17.3. The Morgan fingerprint density at radius 3 is 2.67 bits per heavy atom. The van der Waals surface area contributed by atoms with Gasteiger partial charge in [-0.25, -0.2) is 4.79 Å². The summed E-state index contributed by atoms with van der Waals surface area (Å²) in [5.41, 5.74) is -0.382. The molecule has 1 N–H and O–H groups in total. The average molecular weight is 334 g/mol. The van der Waals surface area contributed by atoms with Crippen LogP contribution in [0.4, 0.5) is 5.69 Å². The number of carboxylic acids is 1. The number of aliphatic carboxylic acids is 1. The number of hydrogen-bond acceptors (Lipinski definition) is 6. The van der Waals surface area contributed by atoms with Gasteiger partial charge in [0.15, 0.2) is 0 Å². The molecular weight excluding hydrogens is 322 g/mol. The van der Waals surface area contributed by atoms with E-state index in [0.717, 1.165) is 17.8 Å². The van der Waals surface area contributed by atoms with E-state index in [1.807, 2.05) is 0 Å². The summed E-state index contributed by atoms with van der Waals surface area (Å²) in [6.45, 7) is 1.71. The Labute approximate surface area is 129 Å². The molecule has 0 atom stereocenters. The van der Waals surface area contributed by atoms with Crippen LogP contribution in [0.3, 0.4) is 0 Å². The lowest BCUT2D eigenvalue weighted by Gasteiger charge is -2.09. The molecule has 0 aliphatic heterocycles. The lowest BCUT2D eigenvalue weighted by atomic mass is 10.2. The van der Waals surface area contributed by atoms with Gasteiger partial charge in [-0.3, -0.25) is 14.9 Å². The minimum atomic E-state index is -1.03. The maximum Gasteiger partial charge on any atom is 0.339 e. The van der Waals surface area contributed by atoms with Gasteiger partial charge in [0.25, 0.3) is 5.69 Å². The first-order valence-electron chi connectivity index (χ1n) is 5.86. The van der Waals surface area contributed by atoms with Gasteiger partial charge in [-0.1, -0.05) is 11.6 Å². The summed E-state index contributed by atoms with van der Waals surface area (Å²) in [5, 5.41) is 19.7. The summed E-state index contributed by atoms with van der Waals surface area (Å²) in [5.74, 6) is -1.68. The van der Waals surface area contributed by atoms with Crippen LogP contribution in [0.15, 0.2) is 17.0 Å². The molecule has 1 aromatic rings. The molecule has 9 heteroatoms. The molecule has 0 fully saturated rings. The van der Waals surface area contributed by atoms with E-state index in [0.29, 0.717) is 0 Å². The van der Waals surface area contributed by atoms with Crippen molar-refractivity contribution in [1.29, 1.82) is 0 Å². The zero-order valence-electron chi connectivity index (χ0n) is 11.0. The number of ether oxygens (including phenoxy) is 1. The van der Waals surface area contributed by atoms with Gasteiger partial charge >= 0.3 is 11.9 Å². The first-order chi connectivity index (χ1) is 9.86. The highest BCUT2D eigenvalue weighted by Gasteiger charge is 2.24. The Morgan fingerprint density at radius 2 is 2.14 bits per heavy atom. The van der Waals surface area contributed by atoms with Crippen molar-refractivity contribution in [3.8, 4) is 0 Å². The number of halogens is 1. The van der Waals surface area contributed by atoms with Crippen LogP contribution < -0.4 is 0 Å². The Bertz CT molecular complexity index is 577. The van der Waals surface area contributed by atoms with E-state index >= 15 is 0 Å². The fourth-order valence-corrected chi connectivity index (χ4v) is 2.74. The lowest BCUT2D eigenvalue weighted by molar-refractivity contribution is -0.387. The van der Waals surface area contributed by atoms with Gasteiger partial charge in [0.1, 0.15) is 0 Å². The average Bonchev–Trinajstić information content (AvgIpc) is 2.39. The highest BCUT2D eigenvalue weighted by atomic mass is 35.5. The molecule has 0 aliphatic rings. The monoisotopic (exact) mass is 333 g/mol. The Balaban J connectivity index is 3.22. The second-order valence-corrected chi connectivity index (χ2v) is 5.31. The number of esters is 1. The number of thioether (sulfide) groups is 1.